The molecule has 1 aromatic carbocycles. The lowest BCUT2D eigenvalue weighted by atomic mass is 9.95. The fourth-order valence-corrected chi connectivity index (χ4v) is 4.76. The molecule has 0 atom stereocenters. The maximum Gasteiger partial charge on any atom is 0.422 e. The van der Waals surface area contributed by atoms with E-state index in [1.807, 2.05) is 5.32 Å². The van der Waals surface area contributed by atoms with Gasteiger partial charge in [0.15, 0.2) is 28.4 Å². The van der Waals surface area contributed by atoms with Gasteiger partial charge in [-0.3, -0.25) is 0 Å². The molecular weight excluding hydrogens is 473 g/mol. The molecule has 0 fully saturated rings. The highest BCUT2D eigenvalue weighted by atomic mass is 32.1. The molecule has 13 heteroatoms. The molecule has 31 heavy (non-hydrogen) atoms. The first-order valence-corrected chi connectivity index (χ1v) is 9.93. The number of carbonyl (C=O) groups is 1. The Morgan fingerprint density at radius 3 is 2.13 bits per heavy atom. The number of alkyl halides is 3. The van der Waals surface area contributed by atoms with E-state index in [0.717, 1.165) is 41.7 Å². The number of fused-ring (bicyclic) bond motifs is 1. The maximum atomic E-state index is 14.1. The number of methoxy groups -OCH3 is 1. The van der Waals surface area contributed by atoms with Crippen LogP contribution in [0.3, 0.4) is 0 Å². The van der Waals surface area contributed by atoms with Crippen molar-refractivity contribution in [2.75, 3.05) is 17.7 Å². The summed E-state index contributed by atoms with van der Waals surface area (Å²) in [6, 6.07) is 0. The molecule has 0 saturated heterocycles. The third kappa shape index (κ3) is 4.33. The van der Waals surface area contributed by atoms with Gasteiger partial charge in [-0.25, -0.2) is 22.4 Å². The van der Waals surface area contributed by atoms with E-state index in [0.29, 0.717) is 12.8 Å². The summed E-state index contributed by atoms with van der Waals surface area (Å²) in [7, 11) is 1.16. The van der Waals surface area contributed by atoms with Crippen LogP contribution in [0.25, 0.3) is 0 Å². The molecule has 0 bridgehead atoms. The van der Waals surface area contributed by atoms with E-state index in [-0.39, 0.29) is 10.6 Å². The molecule has 2 aromatic rings. The molecule has 1 aliphatic rings. The number of hydrogen-bond donors (Lipinski definition) is 2. The largest absolute Gasteiger partial charge is 0.465 e. The van der Waals surface area contributed by atoms with Crippen LogP contribution in [0.2, 0.25) is 0 Å². The SMILES string of the molecule is COC(=O)c1c(NC(=S)Nc2c(F)c(F)c(C(F)(F)F)c(F)c2F)sc2c1CCCC2. The first kappa shape index (κ1) is 23.3. The van der Waals surface area contributed by atoms with Gasteiger partial charge in [0.2, 0.25) is 0 Å². The summed E-state index contributed by atoms with van der Waals surface area (Å²) in [5.74, 6) is -10.5. The Bertz CT molecular complexity index is 1040. The third-order valence-electron chi connectivity index (χ3n) is 4.57. The molecule has 0 unspecified atom stereocenters. The van der Waals surface area contributed by atoms with Crippen molar-refractivity contribution < 1.29 is 40.3 Å². The summed E-state index contributed by atoms with van der Waals surface area (Å²) in [5, 5.41) is 3.91. The van der Waals surface area contributed by atoms with E-state index in [4.69, 9.17) is 17.0 Å². The minimum absolute atomic E-state index is 0.164. The predicted molar refractivity (Wildman–Crippen MR) is 103 cm³/mol. The van der Waals surface area contributed by atoms with Crippen LogP contribution in [-0.2, 0) is 23.8 Å². The number of thiophene rings is 1. The van der Waals surface area contributed by atoms with Crippen LogP contribution in [0.15, 0.2) is 0 Å². The molecule has 0 spiro atoms. The van der Waals surface area contributed by atoms with Gasteiger partial charge in [-0.15, -0.1) is 11.3 Å². The number of nitrogens with one attached hydrogen (secondary N) is 2. The first-order chi connectivity index (χ1) is 14.5. The van der Waals surface area contributed by atoms with E-state index in [1.54, 1.807) is 0 Å². The van der Waals surface area contributed by atoms with Crippen LogP contribution in [0.1, 0.15) is 39.2 Å². The standard InChI is InChI=1S/C18H13F7N2O2S2/c1-29-16(28)8-6-4-2-3-5-7(6)31-15(8)27-17(30)26-14-12(21)10(19)9(18(23,24)25)11(20)13(14)22/h2-5H2,1H3,(H2,26,27,30). The summed E-state index contributed by atoms with van der Waals surface area (Å²) in [4.78, 5) is 13.1. The van der Waals surface area contributed by atoms with Gasteiger partial charge >= 0.3 is 12.1 Å². The quantitative estimate of drug-likeness (QED) is 0.249. The van der Waals surface area contributed by atoms with Crippen molar-refractivity contribution in [3.8, 4) is 0 Å². The fraction of sp³-hybridized carbons (Fsp3) is 0.333. The fourth-order valence-electron chi connectivity index (χ4n) is 3.21. The van der Waals surface area contributed by atoms with Crippen molar-refractivity contribution in [2.24, 2.45) is 0 Å². The minimum Gasteiger partial charge on any atom is -0.465 e. The topological polar surface area (TPSA) is 50.4 Å². The van der Waals surface area contributed by atoms with Crippen LogP contribution in [0.4, 0.5) is 41.4 Å². The van der Waals surface area contributed by atoms with Gasteiger partial charge in [-0.1, -0.05) is 0 Å². The number of carbonyl (C=O) groups excluding carboxylic acids is 1. The molecule has 0 saturated carbocycles. The zero-order chi connectivity index (χ0) is 23.1. The number of esters is 1. The van der Waals surface area contributed by atoms with Crippen LogP contribution < -0.4 is 10.6 Å². The average Bonchev–Trinajstić information content (AvgIpc) is 3.05. The Hall–Kier alpha value is -2.41. The van der Waals surface area contributed by atoms with Crippen molar-refractivity contribution in [2.45, 2.75) is 31.9 Å². The third-order valence-corrected chi connectivity index (χ3v) is 5.98. The maximum absolute atomic E-state index is 14.1. The van der Waals surface area contributed by atoms with Gasteiger partial charge in [-0.2, -0.15) is 13.2 Å². The Labute approximate surface area is 180 Å². The normalized spacial score (nSPS) is 13.5. The number of halogens is 7. The number of rotatable bonds is 3. The number of anilines is 2. The summed E-state index contributed by atoms with van der Waals surface area (Å²) in [6.45, 7) is 0. The molecular formula is C18H13F7N2O2S2. The lowest BCUT2D eigenvalue weighted by molar-refractivity contribution is -0.143. The summed E-state index contributed by atoms with van der Waals surface area (Å²) >= 11 is 6.03. The van der Waals surface area contributed by atoms with E-state index < -0.39 is 51.8 Å². The molecule has 4 nitrogen and oxygen atoms in total. The highest BCUT2D eigenvalue weighted by Gasteiger charge is 2.42. The number of hydrogen-bond acceptors (Lipinski definition) is 4. The van der Waals surface area contributed by atoms with Gasteiger partial charge in [0.05, 0.1) is 12.7 Å². The van der Waals surface area contributed by atoms with Gasteiger partial charge in [0, 0.05) is 4.88 Å². The van der Waals surface area contributed by atoms with E-state index in [1.165, 1.54) is 0 Å². The van der Waals surface area contributed by atoms with Crippen LogP contribution in [0, 0.1) is 23.3 Å². The zero-order valence-corrected chi connectivity index (χ0v) is 17.2. The van der Waals surface area contributed by atoms with Crippen molar-refractivity contribution in [3.63, 3.8) is 0 Å². The van der Waals surface area contributed by atoms with E-state index in [2.05, 4.69) is 5.32 Å². The van der Waals surface area contributed by atoms with Crippen LogP contribution in [-0.4, -0.2) is 18.2 Å². The van der Waals surface area contributed by atoms with Crippen molar-refractivity contribution >= 4 is 45.3 Å². The van der Waals surface area contributed by atoms with Crippen LogP contribution in [0.5, 0.6) is 0 Å². The Morgan fingerprint density at radius 2 is 1.58 bits per heavy atom. The molecule has 0 amide bonds. The summed E-state index contributed by atoms with van der Waals surface area (Å²) in [6.07, 6.45) is -2.66. The van der Waals surface area contributed by atoms with E-state index >= 15 is 0 Å². The van der Waals surface area contributed by atoms with Gasteiger partial charge in [-0.05, 0) is 43.5 Å². The average molecular weight is 486 g/mol. The van der Waals surface area contributed by atoms with Crippen LogP contribution >= 0.6 is 23.6 Å². The second-order valence-corrected chi connectivity index (χ2v) is 8.00. The lowest BCUT2D eigenvalue weighted by Crippen LogP contribution is -2.24. The van der Waals surface area contributed by atoms with Gasteiger partial charge in [0.1, 0.15) is 16.3 Å². The highest BCUT2D eigenvalue weighted by Crippen LogP contribution is 2.40. The summed E-state index contributed by atoms with van der Waals surface area (Å²) < 4.78 is 98.6. The second-order valence-electron chi connectivity index (χ2n) is 6.49. The highest BCUT2D eigenvalue weighted by molar-refractivity contribution is 7.80. The van der Waals surface area contributed by atoms with Crippen molar-refractivity contribution in [1.82, 2.24) is 0 Å². The molecule has 1 heterocycles. The number of aryl methyl sites for hydroxylation is 1. The summed E-state index contributed by atoms with van der Waals surface area (Å²) in [5.41, 5.74) is -3.33. The molecule has 1 aromatic heterocycles. The smallest absolute Gasteiger partial charge is 0.422 e. The molecule has 3 rings (SSSR count). The molecule has 1 aliphatic carbocycles. The Balaban J connectivity index is 1.94. The predicted octanol–water partition coefficient (Wildman–Crippen LogP) is 5.80. The number of thiocarbonyl (C=S) groups is 1. The van der Waals surface area contributed by atoms with E-state index in [9.17, 15) is 35.5 Å². The lowest BCUT2D eigenvalue weighted by Gasteiger charge is -2.16. The minimum atomic E-state index is -5.65. The number of ether oxygens (including phenoxy) is 1. The monoisotopic (exact) mass is 486 g/mol. The zero-order valence-electron chi connectivity index (χ0n) is 15.6. The Kier molecular flexibility index (Phi) is 6.46. The molecule has 0 radical (unpaired) electrons. The first-order valence-electron chi connectivity index (χ1n) is 8.71. The molecule has 2 N–H and O–H groups in total. The second kappa shape index (κ2) is 8.61. The Morgan fingerprint density at radius 1 is 1.00 bits per heavy atom. The van der Waals surface area contributed by atoms with Crippen molar-refractivity contribution in [1.29, 1.82) is 0 Å². The molecule has 0 aliphatic heterocycles. The van der Waals surface area contributed by atoms with Crippen molar-refractivity contribution in [3.05, 3.63) is 44.8 Å². The number of benzene rings is 1. The van der Waals surface area contributed by atoms with Gasteiger partial charge < -0.3 is 15.4 Å². The molecule has 168 valence electrons. The van der Waals surface area contributed by atoms with Gasteiger partial charge in [0.25, 0.3) is 0 Å².